The minimum absolute atomic E-state index is 0.240. The topological polar surface area (TPSA) is 152 Å². The van der Waals surface area contributed by atoms with E-state index in [1.807, 2.05) is 30.3 Å². The van der Waals surface area contributed by atoms with E-state index in [-0.39, 0.29) is 5.78 Å². The van der Waals surface area contributed by atoms with Crippen molar-refractivity contribution in [3.8, 4) is 0 Å². The van der Waals surface area contributed by atoms with Crippen molar-refractivity contribution in [2.24, 2.45) is 11.8 Å². The lowest BCUT2D eigenvalue weighted by molar-refractivity contribution is -0.165. The number of likely N-dealkylation sites (tertiary alicyclic amines) is 2. The molecule has 0 spiro atoms. The molecule has 218 valence electrons. The molecule has 10 nitrogen and oxygen atoms in total. The zero-order chi connectivity index (χ0) is 29.1. The maximum Gasteiger partial charge on any atom is 0.335 e. The molecule has 2 fully saturated rings. The Hall–Kier alpha value is -3.18. The Kier molecular flexibility index (Phi) is 12.2. The summed E-state index contributed by atoms with van der Waals surface area (Å²) in [4.78, 5) is 42.1. The lowest BCUT2D eigenvalue weighted by atomic mass is 9.81. The fourth-order valence-corrected chi connectivity index (χ4v) is 5.46. The first-order valence-electron chi connectivity index (χ1n) is 14.0. The van der Waals surface area contributed by atoms with Gasteiger partial charge in [0, 0.05) is 43.2 Å². The monoisotopic (exact) mass is 555 g/mol. The smallest absolute Gasteiger partial charge is 0.335 e. The van der Waals surface area contributed by atoms with E-state index in [1.54, 1.807) is 6.20 Å². The molecule has 40 heavy (non-hydrogen) atoms. The summed E-state index contributed by atoms with van der Waals surface area (Å²) in [6.45, 7) is 11.3. The number of benzene rings is 1. The zero-order valence-electron chi connectivity index (χ0n) is 22.9. The number of aliphatic hydroxyl groups excluding tert-OH is 2. The number of carboxylic acids is 2. The number of aliphatic carboxylic acids is 2. The van der Waals surface area contributed by atoms with Gasteiger partial charge >= 0.3 is 11.9 Å². The van der Waals surface area contributed by atoms with E-state index >= 15 is 0 Å². The summed E-state index contributed by atoms with van der Waals surface area (Å²) < 4.78 is 0. The summed E-state index contributed by atoms with van der Waals surface area (Å²) in [6.07, 6.45) is 6.19. The number of aromatic nitrogens is 1. The number of aliphatic hydroxyl groups is 2. The molecule has 2 aliphatic rings. The highest BCUT2D eigenvalue weighted by Gasteiger charge is 2.30. The molecule has 3 heterocycles. The number of ketones is 1. The number of Topliss-reactive ketones (excluding diaryl/α,β-unsaturated/α-hetero) is 1. The van der Waals surface area contributed by atoms with Crippen LogP contribution in [0.4, 0.5) is 0 Å². The second-order valence-corrected chi connectivity index (χ2v) is 10.6. The van der Waals surface area contributed by atoms with Gasteiger partial charge in [0.1, 0.15) is 0 Å². The molecule has 4 rings (SSSR count). The van der Waals surface area contributed by atoms with Gasteiger partial charge in [-0.1, -0.05) is 30.7 Å². The molecule has 4 atom stereocenters. The molecule has 10 heteroatoms. The second kappa shape index (κ2) is 15.6. The molecule has 0 saturated carbocycles. The van der Waals surface area contributed by atoms with Gasteiger partial charge in [-0.3, -0.25) is 9.78 Å². The van der Waals surface area contributed by atoms with Gasteiger partial charge in [0.15, 0.2) is 18.0 Å². The number of hydrogen-bond donors (Lipinski definition) is 4. The third-order valence-electron chi connectivity index (χ3n) is 7.87. The fourth-order valence-electron chi connectivity index (χ4n) is 5.46. The number of para-hydroxylation sites is 1. The molecule has 0 amide bonds. The maximum absolute atomic E-state index is 13.0. The number of carbonyl (C=O) groups is 3. The first-order valence-corrected chi connectivity index (χ1v) is 14.0. The quantitative estimate of drug-likeness (QED) is 0.241. The number of pyridine rings is 1. The van der Waals surface area contributed by atoms with Crippen molar-refractivity contribution in [3.05, 3.63) is 54.7 Å². The minimum atomic E-state index is -2.27. The second-order valence-electron chi connectivity index (χ2n) is 10.6. The van der Waals surface area contributed by atoms with Crippen LogP contribution in [-0.4, -0.2) is 104 Å². The van der Waals surface area contributed by atoms with Crippen LogP contribution in [0.2, 0.25) is 0 Å². The number of carboxylic acid groups (broad SMARTS) is 2. The van der Waals surface area contributed by atoms with Crippen LogP contribution in [0.5, 0.6) is 0 Å². The van der Waals surface area contributed by atoms with Crippen LogP contribution in [-0.2, 0) is 9.59 Å². The number of nitrogens with zero attached hydrogens (tertiary/aromatic N) is 3. The molecule has 2 aromatic rings. The van der Waals surface area contributed by atoms with Crippen molar-refractivity contribution in [1.82, 2.24) is 14.8 Å². The first kappa shape index (κ1) is 31.3. The van der Waals surface area contributed by atoms with E-state index in [0.717, 1.165) is 36.0 Å². The van der Waals surface area contributed by atoms with Crippen molar-refractivity contribution >= 4 is 28.6 Å². The van der Waals surface area contributed by atoms with Crippen molar-refractivity contribution in [2.45, 2.75) is 50.7 Å². The molecule has 1 aromatic heterocycles. The van der Waals surface area contributed by atoms with Gasteiger partial charge in [0.05, 0.1) is 5.52 Å². The van der Waals surface area contributed by atoms with Gasteiger partial charge in [-0.25, -0.2) is 9.59 Å². The van der Waals surface area contributed by atoms with Gasteiger partial charge in [-0.05, 0) is 69.3 Å². The molecular weight excluding hydrogens is 514 g/mol. The molecule has 0 radical (unpaired) electrons. The average Bonchev–Trinajstić information content (AvgIpc) is 2.98. The summed E-state index contributed by atoms with van der Waals surface area (Å²) in [7, 11) is 0. The largest absolute Gasteiger partial charge is 0.479 e. The van der Waals surface area contributed by atoms with Crippen LogP contribution in [0.25, 0.3) is 10.9 Å². The number of piperidine rings is 2. The number of fused-ring (bicyclic) bond motifs is 1. The molecule has 4 N–H and O–H groups in total. The van der Waals surface area contributed by atoms with Crippen molar-refractivity contribution < 1.29 is 34.8 Å². The lowest BCUT2D eigenvalue weighted by Crippen LogP contribution is -2.44. The lowest BCUT2D eigenvalue weighted by Gasteiger charge is -2.38. The first-order chi connectivity index (χ1) is 19.2. The Labute approximate surface area is 234 Å². The molecule has 4 unspecified atom stereocenters. The standard InChI is InChI=1S/C26H35N3O.C4H6O6/c1-2-21-20-29(19-18-28-15-6-3-7-16-28)17-13-22(21)10-11-26(30)24-12-14-27-25-9-5-4-8-23(24)25;5-1(3(7)8)2(6)4(9)10/h2,4-5,8-9,12,14,21-22H,1,3,6-7,10-11,13,15-20H2;1-2,5-6H,(H,7,8)(H,9,10). The van der Waals surface area contributed by atoms with E-state index in [4.69, 9.17) is 20.4 Å². The van der Waals surface area contributed by atoms with Gasteiger partial charge in [0.2, 0.25) is 0 Å². The maximum atomic E-state index is 13.0. The van der Waals surface area contributed by atoms with Gasteiger partial charge < -0.3 is 30.2 Å². The van der Waals surface area contributed by atoms with Crippen LogP contribution in [0.3, 0.4) is 0 Å². The van der Waals surface area contributed by atoms with Crippen LogP contribution < -0.4 is 0 Å². The third kappa shape index (κ3) is 8.92. The Bertz CT molecular complexity index is 1130. The highest BCUT2D eigenvalue weighted by Crippen LogP contribution is 2.30. The summed E-state index contributed by atoms with van der Waals surface area (Å²) >= 11 is 0. The van der Waals surface area contributed by atoms with Crippen molar-refractivity contribution in [1.29, 1.82) is 0 Å². The highest BCUT2D eigenvalue weighted by molar-refractivity contribution is 6.07. The molecule has 2 saturated heterocycles. The Morgan fingerprint density at radius 2 is 1.60 bits per heavy atom. The Morgan fingerprint density at radius 1 is 0.950 bits per heavy atom. The molecule has 0 aliphatic carbocycles. The minimum Gasteiger partial charge on any atom is -0.479 e. The van der Waals surface area contributed by atoms with Crippen LogP contribution in [0.1, 0.15) is 48.9 Å². The van der Waals surface area contributed by atoms with Crippen LogP contribution in [0, 0.1) is 11.8 Å². The van der Waals surface area contributed by atoms with E-state index in [0.29, 0.717) is 18.3 Å². The molecule has 1 aromatic carbocycles. The Balaban J connectivity index is 0.000000378. The van der Waals surface area contributed by atoms with E-state index in [9.17, 15) is 14.4 Å². The van der Waals surface area contributed by atoms with E-state index in [2.05, 4.69) is 27.4 Å². The van der Waals surface area contributed by atoms with E-state index < -0.39 is 24.1 Å². The third-order valence-corrected chi connectivity index (χ3v) is 7.87. The van der Waals surface area contributed by atoms with E-state index in [1.165, 1.54) is 51.9 Å². The highest BCUT2D eigenvalue weighted by atomic mass is 16.4. The summed E-state index contributed by atoms with van der Waals surface area (Å²) in [6, 6.07) is 9.80. The van der Waals surface area contributed by atoms with Gasteiger partial charge in [-0.15, -0.1) is 6.58 Å². The summed E-state index contributed by atoms with van der Waals surface area (Å²) in [5.41, 5.74) is 1.71. The number of carbonyl (C=O) groups excluding carboxylic acids is 1. The zero-order valence-corrected chi connectivity index (χ0v) is 22.9. The summed E-state index contributed by atoms with van der Waals surface area (Å²) in [5.74, 6) is -2.25. The van der Waals surface area contributed by atoms with Gasteiger partial charge in [0.25, 0.3) is 0 Å². The normalized spacial score (nSPS) is 21.6. The SMILES string of the molecule is C=CC1CN(CCN2CCCCC2)CCC1CCC(=O)c1ccnc2ccccc12.O=C(O)C(O)C(O)C(=O)O. The number of rotatable bonds is 11. The average molecular weight is 556 g/mol. The van der Waals surface area contributed by atoms with Crippen molar-refractivity contribution in [3.63, 3.8) is 0 Å². The van der Waals surface area contributed by atoms with Crippen LogP contribution in [0.15, 0.2) is 49.2 Å². The molecular formula is C30H41N3O7. The summed E-state index contributed by atoms with van der Waals surface area (Å²) in [5, 5.41) is 33.5. The number of hydrogen-bond acceptors (Lipinski definition) is 8. The molecule has 0 bridgehead atoms. The molecule has 2 aliphatic heterocycles. The fraction of sp³-hybridized carbons (Fsp3) is 0.533. The van der Waals surface area contributed by atoms with Crippen LogP contribution >= 0.6 is 0 Å². The predicted molar refractivity (Wildman–Crippen MR) is 151 cm³/mol. The Morgan fingerprint density at radius 3 is 2.25 bits per heavy atom. The van der Waals surface area contributed by atoms with Gasteiger partial charge in [-0.2, -0.15) is 0 Å². The van der Waals surface area contributed by atoms with Crippen molar-refractivity contribution in [2.75, 3.05) is 39.3 Å². The predicted octanol–water partition coefficient (Wildman–Crippen LogP) is 2.69.